The molecule has 4 rings (SSSR count). The van der Waals surface area contributed by atoms with Gasteiger partial charge in [-0.05, 0) is 25.1 Å². The van der Waals surface area contributed by atoms with Crippen molar-refractivity contribution in [2.75, 3.05) is 11.5 Å². The van der Waals surface area contributed by atoms with Gasteiger partial charge in [-0.3, -0.25) is 9.59 Å². The van der Waals surface area contributed by atoms with Crippen LogP contribution in [0, 0.1) is 11.8 Å². The zero-order chi connectivity index (χ0) is 18.1. The van der Waals surface area contributed by atoms with Crippen LogP contribution in [0.25, 0.3) is 0 Å². The number of anilines is 1. The van der Waals surface area contributed by atoms with Gasteiger partial charge >= 0.3 is 5.97 Å². The third kappa shape index (κ3) is 1.91. The van der Waals surface area contributed by atoms with Crippen LogP contribution in [0.2, 0.25) is 5.02 Å². The highest BCUT2D eigenvalue weighted by molar-refractivity contribution is 6.34. The molecule has 8 heteroatoms. The van der Waals surface area contributed by atoms with E-state index in [2.05, 4.69) is 0 Å². The number of fused-ring (bicyclic) bond motifs is 5. The Morgan fingerprint density at radius 2 is 1.96 bits per heavy atom. The number of imide groups is 1. The first-order chi connectivity index (χ1) is 11.7. The Kier molecular flexibility index (Phi) is 3.19. The lowest BCUT2D eigenvalue weighted by molar-refractivity contribution is -0.131. The summed E-state index contributed by atoms with van der Waals surface area (Å²) in [4.78, 5) is 38.1. The topological polar surface area (TPSA) is 104 Å². The molecule has 2 N–H and O–H groups in total. The van der Waals surface area contributed by atoms with E-state index in [0.29, 0.717) is 0 Å². The van der Waals surface area contributed by atoms with E-state index in [1.165, 1.54) is 18.2 Å². The Morgan fingerprint density at radius 3 is 2.60 bits per heavy atom. The standard InChI is InChI=1S/C17H14ClNO6/c1-16-4-5-17(7-20,25-16)12-11(16)13(21)19(14(12)22)8-2-3-10(18)9(6-8)15(23)24/h2-6,11-12,20H,7H2,1H3,(H,23,24)/t11-,12+,16-,17-/m1/s1. The molecule has 4 atom stereocenters. The smallest absolute Gasteiger partial charge is 0.337 e. The Bertz CT molecular complexity index is 867. The van der Waals surface area contributed by atoms with Crippen molar-refractivity contribution in [2.45, 2.75) is 18.1 Å². The van der Waals surface area contributed by atoms with E-state index < -0.39 is 47.4 Å². The molecular weight excluding hydrogens is 350 g/mol. The van der Waals surface area contributed by atoms with E-state index in [0.717, 1.165) is 4.90 Å². The second kappa shape index (κ2) is 4.91. The van der Waals surface area contributed by atoms with E-state index in [1.807, 2.05) is 0 Å². The van der Waals surface area contributed by atoms with E-state index in [9.17, 15) is 24.6 Å². The van der Waals surface area contributed by atoms with Crippen molar-refractivity contribution < 1.29 is 29.3 Å². The number of hydrogen-bond acceptors (Lipinski definition) is 5. The van der Waals surface area contributed by atoms with Gasteiger partial charge in [0.05, 0.1) is 40.3 Å². The zero-order valence-corrected chi connectivity index (χ0v) is 13.9. The number of aliphatic hydroxyl groups is 1. The maximum Gasteiger partial charge on any atom is 0.337 e. The SMILES string of the molecule is C[C@]12C=C[C@](CO)(O1)[C@@H]1C(=O)N(c3ccc(Cl)c(C(=O)O)c3)C(=O)[C@@H]12. The number of nitrogens with zero attached hydrogens (tertiary/aromatic N) is 1. The fourth-order valence-corrected chi connectivity index (χ4v) is 4.31. The van der Waals surface area contributed by atoms with E-state index in [-0.39, 0.29) is 16.3 Å². The van der Waals surface area contributed by atoms with E-state index in [1.54, 1.807) is 19.1 Å². The molecule has 2 saturated heterocycles. The molecule has 0 radical (unpaired) electrons. The molecule has 1 aromatic carbocycles. The second-order valence-electron chi connectivity index (χ2n) is 6.67. The Balaban J connectivity index is 1.81. The number of carbonyl (C=O) groups excluding carboxylic acids is 2. The molecule has 3 aliphatic heterocycles. The fourth-order valence-electron chi connectivity index (χ4n) is 4.11. The monoisotopic (exact) mass is 363 g/mol. The summed E-state index contributed by atoms with van der Waals surface area (Å²) in [6.07, 6.45) is 3.33. The van der Waals surface area contributed by atoms with Crippen molar-refractivity contribution in [3.05, 3.63) is 40.9 Å². The molecule has 0 spiro atoms. The van der Waals surface area contributed by atoms with Crippen molar-refractivity contribution in [1.82, 2.24) is 0 Å². The summed E-state index contributed by atoms with van der Waals surface area (Å²) >= 11 is 5.86. The molecule has 2 bridgehead atoms. The largest absolute Gasteiger partial charge is 0.478 e. The van der Waals surface area contributed by atoms with Gasteiger partial charge in [-0.1, -0.05) is 23.8 Å². The van der Waals surface area contributed by atoms with Gasteiger partial charge < -0.3 is 14.9 Å². The maximum absolute atomic E-state index is 13.0. The van der Waals surface area contributed by atoms with Crippen LogP contribution < -0.4 is 4.90 Å². The molecule has 0 aromatic heterocycles. The molecular formula is C17H14ClNO6. The molecule has 0 saturated carbocycles. The normalized spacial score (nSPS) is 35.6. The summed E-state index contributed by atoms with van der Waals surface area (Å²) in [6, 6.07) is 3.96. The van der Waals surface area contributed by atoms with Crippen molar-refractivity contribution in [3.8, 4) is 0 Å². The number of hydrogen-bond donors (Lipinski definition) is 2. The number of aromatic carboxylic acids is 1. The quantitative estimate of drug-likeness (QED) is 0.618. The minimum Gasteiger partial charge on any atom is -0.478 e. The number of carboxylic acid groups (broad SMARTS) is 1. The average Bonchev–Trinajstić information content (AvgIpc) is 3.14. The van der Waals surface area contributed by atoms with E-state index in [4.69, 9.17) is 16.3 Å². The number of aliphatic hydroxyl groups excluding tert-OH is 1. The van der Waals surface area contributed by atoms with Crippen molar-refractivity contribution >= 4 is 35.1 Å². The van der Waals surface area contributed by atoms with Crippen molar-refractivity contribution in [1.29, 1.82) is 0 Å². The predicted molar refractivity (Wildman–Crippen MR) is 86.3 cm³/mol. The third-order valence-corrected chi connectivity index (χ3v) is 5.57. The van der Waals surface area contributed by atoms with Gasteiger partial charge in [0.15, 0.2) is 0 Å². The summed E-state index contributed by atoms with van der Waals surface area (Å²) in [5.41, 5.74) is -2.25. The van der Waals surface area contributed by atoms with Gasteiger partial charge in [-0.2, -0.15) is 0 Å². The fraction of sp³-hybridized carbons (Fsp3) is 0.353. The molecule has 7 nitrogen and oxygen atoms in total. The second-order valence-corrected chi connectivity index (χ2v) is 7.08. The molecule has 0 unspecified atom stereocenters. The first-order valence-electron chi connectivity index (χ1n) is 7.66. The first kappa shape index (κ1) is 16.3. The average molecular weight is 364 g/mol. The minimum atomic E-state index is -1.25. The van der Waals surface area contributed by atoms with Crippen LogP contribution >= 0.6 is 11.6 Å². The van der Waals surface area contributed by atoms with E-state index >= 15 is 0 Å². The van der Waals surface area contributed by atoms with Gasteiger partial charge in [0.2, 0.25) is 11.8 Å². The Morgan fingerprint density at radius 1 is 1.28 bits per heavy atom. The summed E-state index contributed by atoms with van der Waals surface area (Å²) in [5.74, 6) is -3.85. The highest BCUT2D eigenvalue weighted by Crippen LogP contribution is 2.57. The van der Waals surface area contributed by atoms with Crippen molar-refractivity contribution in [2.24, 2.45) is 11.8 Å². The van der Waals surface area contributed by atoms with Gasteiger partial charge in [-0.25, -0.2) is 9.69 Å². The number of halogens is 1. The lowest BCUT2D eigenvalue weighted by Gasteiger charge is -2.27. The highest BCUT2D eigenvalue weighted by atomic mass is 35.5. The van der Waals surface area contributed by atoms with Gasteiger partial charge in [0, 0.05) is 0 Å². The number of ether oxygens (including phenoxy) is 1. The molecule has 25 heavy (non-hydrogen) atoms. The van der Waals surface area contributed by atoms with Crippen molar-refractivity contribution in [3.63, 3.8) is 0 Å². The zero-order valence-electron chi connectivity index (χ0n) is 13.1. The maximum atomic E-state index is 13.0. The van der Waals surface area contributed by atoms with Crippen LogP contribution in [0.3, 0.4) is 0 Å². The van der Waals surface area contributed by atoms with Gasteiger partial charge in [0.25, 0.3) is 0 Å². The summed E-state index contributed by atoms with van der Waals surface area (Å²) in [7, 11) is 0. The van der Waals surface area contributed by atoms with Gasteiger partial charge in [0.1, 0.15) is 5.60 Å². The molecule has 0 aliphatic carbocycles. The summed E-state index contributed by atoms with van der Waals surface area (Å²) in [6.45, 7) is 1.28. The minimum absolute atomic E-state index is 0.0133. The molecule has 3 aliphatic rings. The van der Waals surface area contributed by atoms with Crippen LogP contribution in [0.4, 0.5) is 5.69 Å². The number of amides is 2. The van der Waals surface area contributed by atoms with Crippen LogP contribution in [-0.4, -0.2) is 45.8 Å². The number of rotatable bonds is 3. The molecule has 130 valence electrons. The summed E-state index contributed by atoms with van der Waals surface area (Å²) in [5, 5.41) is 19.0. The highest BCUT2D eigenvalue weighted by Gasteiger charge is 2.72. The van der Waals surface area contributed by atoms with Crippen LogP contribution in [0.5, 0.6) is 0 Å². The molecule has 1 aromatic rings. The number of carboxylic acids is 1. The Labute approximate surface area is 147 Å². The molecule has 2 fully saturated rings. The van der Waals surface area contributed by atoms with Crippen LogP contribution in [-0.2, 0) is 14.3 Å². The Hall–Kier alpha value is -2.22. The van der Waals surface area contributed by atoms with Gasteiger partial charge in [-0.15, -0.1) is 0 Å². The third-order valence-electron chi connectivity index (χ3n) is 5.24. The lowest BCUT2D eigenvalue weighted by Crippen LogP contribution is -2.43. The summed E-state index contributed by atoms with van der Waals surface area (Å²) < 4.78 is 5.83. The molecule has 2 amide bonds. The predicted octanol–water partition coefficient (Wildman–Crippen LogP) is 1.23. The lowest BCUT2D eigenvalue weighted by atomic mass is 9.73. The van der Waals surface area contributed by atoms with Crippen LogP contribution in [0.1, 0.15) is 17.3 Å². The number of benzene rings is 1. The first-order valence-corrected chi connectivity index (χ1v) is 8.04. The number of carbonyl (C=O) groups is 3. The van der Waals surface area contributed by atoms with Crippen LogP contribution in [0.15, 0.2) is 30.4 Å². The molecule has 3 heterocycles.